The highest BCUT2D eigenvalue weighted by molar-refractivity contribution is 6.30. The molecule has 4 nitrogen and oxygen atoms in total. The van der Waals surface area contributed by atoms with Crippen LogP contribution in [0.1, 0.15) is 45.2 Å². The number of hydrogen-bond acceptors (Lipinski definition) is 3. The smallest absolute Gasteiger partial charge is 0.217 e. The molecule has 1 N–H and O–H groups in total. The zero-order valence-electron chi connectivity index (χ0n) is 13.0. The molecule has 118 valence electrons. The molecule has 0 aliphatic heterocycles. The molecule has 1 saturated carbocycles. The summed E-state index contributed by atoms with van der Waals surface area (Å²) in [6, 6.07) is 6.25. The van der Waals surface area contributed by atoms with Crippen LogP contribution >= 0.6 is 11.6 Å². The minimum absolute atomic E-state index is 0.125. The van der Waals surface area contributed by atoms with E-state index < -0.39 is 12.0 Å². The number of rotatable bonds is 3. The van der Waals surface area contributed by atoms with Gasteiger partial charge in [0.05, 0.1) is 6.04 Å². The van der Waals surface area contributed by atoms with Crippen LogP contribution in [-0.2, 0) is 14.4 Å². The number of Topliss-reactive ketones (excluding diaryl/α,β-unsaturated/α-hetero) is 2. The van der Waals surface area contributed by atoms with E-state index in [2.05, 4.69) is 5.32 Å². The summed E-state index contributed by atoms with van der Waals surface area (Å²) in [5.74, 6) is -1.37. The molecule has 0 aromatic heterocycles. The van der Waals surface area contributed by atoms with Gasteiger partial charge in [0.25, 0.3) is 0 Å². The van der Waals surface area contributed by atoms with Crippen molar-refractivity contribution in [1.29, 1.82) is 0 Å². The molecule has 0 saturated heterocycles. The Labute approximate surface area is 135 Å². The van der Waals surface area contributed by atoms with E-state index in [0.29, 0.717) is 23.4 Å². The van der Waals surface area contributed by atoms with Crippen LogP contribution in [0.3, 0.4) is 0 Å². The van der Waals surface area contributed by atoms with Crippen molar-refractivity contribution in [3.05, 3.63) is 34.9 Å². The highest BCUT2D eigenvalue weighted by Gasteiger charge is 2.44. The van der Waals surface area contributed by atoms with Crippen molar-refractivity contribution in [1.82, 2.24) is 5.32 Å². The molecule has 2 rings (SSSR count). The minimum atomic E-state index is -0.838. The fourth-order valence-corrected chi connectivity index (χ4v) is 3.25. The Morgan fingerprint density at radius 2 is 1.86 bits per heavy atom. The lowest BCUT2D eigenvalue weighted by Gasteiger charge is -2.36. The summed E-state index contributed by atoms with van der Waals surface area (Å²) >= 11 is 6.00. The molecule has 22 heavy (non-hydrogen) atoms. The highest BCUT2D eigenvalue weighted by Crippen LogP contribution is 2.39. The maximum Gasteiger partial charge on any atom is 0.217 e. The van der Waals surface area contributed by atoms with E-state index in [4.69, 9.17) is 11.6 Å². The van der Waals surface area contributed by atoms with Gasteiger partial charge in [-0.05, 0) is 23.1 Å². The van der Waals surface area contributed by atoms with Crippen molar-refractivity contribution >= 4 is 29.1 Å². The molecule has 1 fully saturated rings. The van der Waals surface area contributed by atoms with Crippen LogP contribution < -0.4 is 5.32 Å². The first-order chi connectivity index (χ1) is 10.2. The topological polar surface area (TPSA) is 63.2 Å². The fraction of sp³-hybridized carbons (Fsp3) is 0.471. The molecule has 0 spiro atoms. The maximum atomic E-state index is 12.5. The van der Waals surface area contributed by atoms with Gasteiger partial charge in [-0.25, -0.2) is 0 Å². The summed E-state index contributed by atoms with van der Waals surface area (Å²) < 4.78 is 0. The van der Waals surface area contributed by atoms with Crippen molar-refractivity contribution in [2.45, 2.75) is 39.7 Å². The van der Waals surface area contributed by atoms with Crippen LogP contribution in [0.4, 0.5) is 0 Å². The van der Waals surface area contributed by atoms with E-state index in [0.717, 1.165) is 0 Å². The van der Waals surface area contributed by atoms with Gasteiger partial charge in [0.1, 0.15) is 17.5 Å². The predicted molar refractivity (Wildman–Crippen MR) is 84.5 cm³/mol. The van der Waals surface area contributed by atoms with Gasteiger partial charge >= 0.3 is 0 Å². The van der Waals surface area contributed by atoms with Gasteiger partial charge in [-0.15, -0.1) is 0 Å². The molecular weight excluding hydrogens is 302 g/mol. The van der Waals surface area contributed by atoms with Gasteiger partial charge in [-0.1, -0.05) is 37.6 Å². The Morgan fingerprint density at radius 3 is 2.36 bits per heavy atom. The Balaban J connectivity index is 2.39. The molecular formula is C17H20ClNO3. The summed E-state index contributed by atoms with van der Waals surface area (Å²) in [5.41, 5.74) is 0.355. The van der Waals surface area contributed by atoms with Crippen LogP contribution in [0.15, 0.2) is 24.3 Å². The van der Waals surface area contributed by atoms with Gasteiger partial charge in [0.2, 0.25) is 5.91 Å². The zero-order chi connectivity index (χ0) is 16.5. The molecule has 1 atom stereocenters. The lowest BCUT2D eigenvalue weighted by atomic mass is 9.68. The summed E-state index contributed by atoms with van der Waals surface area (Å²) in [6.45, 7) is 5.19. The lowest BCUT2D eigenvalue weighted by Crippen LogP contribution is -2.45. The first-order valence-electron chi connectivity index (χ1n) is 7.27. The predicted octanol–water partition coefficient (Wildman–Crippen LogP) is 3.09. The van der Waals surface area contributed by atoms with Crippen molar-refractivity contribution in [3.63, 3.8) is 0 Å². The standard InChI is InChI=1S/C17H20ClNO3/c1-10(20)19-16(11-5-4-6-12(18)7-11)15-13(21)8-17(2,3)9-14(15)22/h4-7,15-16H,8-9H2,1-3H3,(H,19,20). The van der Waals surface area contributed by atoms with Gasteiger partial charge in [-0.3, -0.25) is 14.4 Å². The van der Waals surface area contributed by atoms with E-state index in [-0.39, 0.29) is 22.9 Å². The fourth-order valence-electron chi connectivity index (χ4n) is 3.06. The maximum absolute atomic E-state index is 12.5. The third-order valence-electron chi connectivity index (χ3n) is 3.90. The SMILES string of the molecule is CC(=O)NC(c1cccc(Cl)c1)C1C(=O)CC(C)(C)CC1=O. The number of hydrogen-bond donors (Lipinski definition) is 1. The van der Waals surface area contributed by atoms with Crippen molar-refractivity contribution in [2.24, 2.45) is 11.3 Å². The number of carbonyl (C=O) groups is 3. The molecule has 1 amide bonds. The number of halogens is 1. The number of amides is 1. The summed E-state index contributed by atoms with van der Waals surface area (Å²) in [4.78, 5) is 36.5. The Bertz CT molecular complexity index is 604. The Kier molecular flexibility index (Phi) is 4.71. The molecule has 1 aliphatic carbocycles. The van der Waals surface area contributed by atoms with E-state index in [1.54, 1.807) is 24.3 Å². The minimum Gasteiger partial charge on any atom is -0.348 e. The quantitative estimate of drug-likeness (QED) is 0.870. The highest BCUT2D eigenvalue weighted by atomic mass is 35.5. The molecule has 1 aromatic carbocycles. The Morgan fingerprint density at radius 1 is 1.27 bits per heavy atom. The monoisotopic (exact) mass is 321 g/mol. The summed E-state index contributed by atoms with van der Waals surface area (Å²) in [6.07, 6.45) is 0.667. The van der Waals surface area contributed by atoms with Crippen molar-refractivity contribution < 1.29 is 14.4 Å². The van der Waals surface area contributed by atoms with E-state index in [1.165, 1.54) is 6.92 Å². The van der Waals surface area contributed by atoms with Crippen molar-refractivity contribution in [3.8, 4) is 0 Å². The van der Waals surface area contributed by atoms with Crippen LogP contribution in [0.5, 0.6) is 0 Å². The molecule has 1 aromatic rings. The van der Waals surface area contributed by atoms with Gasteiger partial charge in [-0.2, -0.15) is 0 Å². The molecule has 0 heterocycles. The molecule has 0 bridgehead atoms. The second-order valence-corrected chi connectivity index (χ2v) is 7.10. The first kappa shape index (κ1) is 16.7. The molecule has 5 heteroatoms. The summed E-state index contributed by atoms with van der Waals surface area (Å²) in [5, 5.41) is 3.25. The second kappa shape index (κ2) is 6.21. The molecule has 0 radical (unpaired) electrons. The van der Waals surface area contributed by atoms with Gasteiger partial charge in [0, 0.05) is 24.8 Å². The average Bonchev–Trinajstić information content (AvgIpc) is 2.34. The number of benzene rings is 1. The third kappa shape index (κ3) is 3.74. The number of carbonyl (C=O) groups excluding carboxylic acids is 3. The summed E-state index contributed by atoms with van der Waals surface area (Å²) in [7, 11) is 0. The van der Waals surface area contributed by atoms with E-state index >= 15 is 0 Å². The van der Waals surface area contributed by atoms with Crippen LogP contribution in [0.2, 0.25) is 5.02 Å². The average molecular weight is 322 g/mol. The van der Waals surface area contributed by atoms with Gasteiger partial charge in [0.15, 0.2) is 0 Å². The first-order valence-corrected chi connectivity index (χ1v) is 7.65. The van der Waals surface area contributed by atoms with E-state index in [9.17, 15) is 14.4 Å². The Hall–Kier alpha value is -1.68. The number of ketones is 2. The lowest BCUT2D eigenvalue weighted by molar-refractivity contribution is -0.141. The molecule has 1 unspecified atom stereocenters. The van der Waals surface area contributed by atoms with Crippen LogP contribution in [0.25, 0.3) is 0 Å². The van der Waals surface area contributed by atoms with Crippen LogP contribution in [-0.4, -0.2) is 17.5 Å². The van der Waals surface area contributed by atoms with E-state index in [1.807, 2.05) is 13.8 Å². The number of nitrogens with one attached hydrogen (secondary N) is 1. The molecule has 1 aliphatic rings. The normalized spacial score (nSPS) is 19.8. The van der Waals surface area contributed by atoms with Gasteiger partial charge < -0.3 is 5.32 Å². The zero-order valence-corrected chi connectivity index (χ0v) is 13.7. The van der Waals surface area contributed by atoms with Crippen molar-refractivity contribution in [2.75, 3.05) is 0 Å². The second-order valence-electron chi connectivity index (χ2n) is 6.66. The largest absolute Gasteiger partial charge is 0.348 e. The third-order valence-corrected chi connectivity index (χ3v) is 4.13. The van der Waals surface area contributed by atoms with Crippen LogP contribution in [0, 0.1) is 11.3 Å².